The number of ether oxygens (including phenoxy) is 1. The summed E-state index contributed by atoms with van der Waals surface area (Å²) in [7, 11) is 0. The Labute approximate surface area is 72.8 Å². The molecule has 1 heterocycles. The summed E-state index contributed by atoms with van der Waals surface area (Å²) in [6.45, 7) is 3.00. The van der Waals surface area contributed by atoms with Crippen LogP contribution in [0.25, 0.3) is 0 Å². The van der Waals surface area contributed by atoms with Crippen molar-refractivity contribution in [3.8, 4) is 0 Å². The van der Waals surface area contributed by atoms with E-state index in [1.54, 1.807) is 0 Å². The maximum atomic E-state index is 8.08. The van der Waals surface area contributed by atoms with E-state index in [4.69, 9.17) is 5.11 Å². The average Bonchev–Trinajstić information content (AvgIpc) is 2.70. The predicted molar refractivity (Wildman–Crippen MR) is 48.9 cm³/mol. The number of thiol groups is 2. The summed E-state index contributed by atoms with van der Waals surface area (Å²) in [6.07, 6.45) is 1.22. The van der Waals surface area contributed by atoms with Crippen LogP contribution in [0.3, 0.4) is 0 Å². The Morgan fingerprint density at radius 1 is 1.70 bits per heavy atom. The molecule has 1 fully saturated rings. The predicted octanol–water partition coefficient (Wildman–Crippen LogP) is 0.960. The molecular formula is C6H14O2S2. The molecule has 2 nitrogen and oxygen atoms in total. The van der Waals surface area contributed by atoms with Crippen LogP contribution in [0.2, 0.25) is 0 Å². The summed E-state index contributed by atoms with van der Waals surface area (Å²) >= 11 is 7.92. The van der Waals surface area contributed by atoms with Gasteiger partial charge in [0, 0.05) is 4.58 Å². The van der Waals surface area contributed by atoms with Crippen molar-refractivity contribution in [2.24, 2.45) is 0 Å². The summed E-state index contributed by atoms with van der Waals surface area (Å²) < 4.78 is 4.88. The molecule has 62 valence electrons. The van der Waals surface area contributed by atoms with E-state index in [0.717, 1.165) is 13.0 Å². The van der Waals surface area contributed by atoms with Crippen LogP contribution in [-0.2, 0) is 4.74 Å². The second kappa shape index (κ2) is 6.34. The van der Waals surface area contributed by atoms with Gasteiger partial charge in [0.1, 0.15) is 6.10 Å². The summed E-state index contributed by atoms with van der Waals surface area (Å²) in [5, 5.41) is 8.08. The molecule has 1 aliphatic heterocycles. The van der Waals surface area contributed by atoms with Crippen LogP contribution in [0.1, 0.15) is 13.3 Å². The van der Waals surface area contributed by atoms with Gasteiger partial charge in [-0.25, -0.2) is 0 Å². The third-order valence-corrected chi connectivity index (χ3v) is 1.70. The molecule has 0 aromatic rings. The normalized spacial score (nSPS) is 21.9. The number of epoxide rings is 1. The lowest BCUT2D eigenvalue weighted by Crippen LogP contribution is -1.88. The maximum absolute atomic E-state index is 8.08. The number of aliphatic hydroxyl groups is 1. The molecule has 0 saturated carbocycles. The fraction of sp³-hybridized carbons (Fsp3) is 1.00. The quantitative estimate of drug-likeness (QED) is 0.338. The molecule has 0 aliphatic carbocycles. The van der Waals surface area contributed by atoms with E-state index < -0.39 is 0 Å². The van der Waals surface area contributed by atoms with Gasteiger partial charge in [-0.05, 0) is 6.42 Å². The van der Waals surface area contributed by atoms with Crippen molar-refractivity contribution < 1.29 is 9.84 Å². The highest BCUT2D eigenvalue weighted by atomic mass is 32.2. The molecule has 1 unspecified atom stereocenters. The van der Waals surface area contributed by atoms with Crippen molar-refractivity contribution in [1.82, 2.24) is 0 Å². The van der Waals surface area contributed by atoms with E-state index in [1.807, 2.05) is 6.92 Å². The lowest BCUT2D eigenvalue weighted by Gasteiger charge is -1.89. The lowest BCUT2D eigenvalue weighted by atomic mass is 10.5. The van der Waals surface area contributed by atoms with Crippen LogP contribution in [0.5, 0.6) is 0 Å². The Hall–Kier alpha value is 0.620. The first-order valence-corrected chi connectivity index (χ1v) is 4.32. The number of hydrogen-bond acceptors (Lipinski definition) is 4. The van der Waals surface area contributed by atoms with Gasteiger partial charge in [0.25, 0.3) is 0 Å². The monoisotopic (exact) mass is 182 g/mol. The van der Waals surface area contributed by atoms with Crippen molar-refractivity contribution in [2.75, 3.05) is 13.2 Å². The van der Waals surface area contributed by atoms with Crippen LogP contribution in [0.15, 0.2) is 0 Å². The molecule has 1 saturated heterocycles. The first kappa shape index (κ1) is 10.6. The fourth-order valence-electron chi connectivity index (χ4n) is 0.173. The Kier molecular flexibility index (Phi) is 6.73. The van der Waals surface area contributed by atoms with Crippen LogP contribution in [0.4, 0.5) is 0 Å². The zero-order valence-corrected chi connectivity index (χ0v) is 7.81. The van der Waals surface area contributed by atoms with Gasteiger partial charge in [-0.1, -0.05) is 6.92 Å². The van der Waals surface area contributed by atoms with Crippen LogP contribution in [0, 0.1) is 0 Å². The fourth-order valence-corrected chi connectivity index (χ4v) is 0.173. The Morgan fingerprint density at radius 3 is 2.10 bits per heavy atom. The molecule has 0 aromatic heterocycles. The number of hydrogen-bond donors (Lipinski definition) is 3. The molecule has 1 aliphatic rings. The van der Waals surface area contributed by atoms with Gasteiger partial charge in [-0.3, -0.25) is 0 Å². The van der Waals surface area contributed by atoms with Crippen molar-refractivity contribution in [3.63, 3.8) is 0 Å². The minimum absolute atomic E-state index is 0.190. The van der Waals surface area contributed by atoms with Crippen molar-refractivity contribution in [1.29, 1.82) is 0 Å². The summed E-state index contributed by atoms with van der Waals surface area (Å²) in [5.41, 5.74) is 0. The molecule has 0 bridgehead atoms. The first-order chi connectivity index (χ1) is 4.70. The summed E-state index contributed by atoms with van der Waals surface area (Å²) in [5.74, 6) is 0. The minimum Gasteiger partial charge on any atom is -0.394 e. The van der Waals surface area contributed by atoms with Crippen molar-refractivity contribution in [3.05, 3.63) is 0 Å². The number of aliphatic hydroxyl groups excluding tert-OH is 1. The van der Waals surface area contributed by atoms with Gasteiger partial charge >= 0.3 is 0 Å². The minimum atomic E-state index is 0.190. The molecule has 4 heteroatoms. The van der Waals surface area contributed by atoms with E-state index in [0.29, 0.717) is 0 Å². The third kappa shape index (κ3) is 8.62. The van der Waals surface area contributed by atoms with E-state index in [2.05, 4.69) is 30.0 Å². The van der Waals surface area contributed by atoms with Crippen molar-refractivity contribution >= 4 is 25.3 Å². The molecular weight excluding hydrogens is 168 g/mol. The van der Waals surface area contributed by atoms with Gasteiger partial charge in [0.15, 0.2) is 0 Å². The van der Waals surface area contributed by atoms with E-state index >= 15 is 0 Å². The van der Waals surface area contributed by atoms with Crippen LogP contribution in [-0.4, -0.2) is 29.0 Å². The smallest absolute Gasteiger partial charge is 0.104 e. The molecule has 0 aromatic carbocycles. The zero-order valence-electron chi connectivity index (χ0n) is 6.03. The van der Waals surface area contributed by atoms with E-state index in [1.165, 1.54) is 0 Å². The van der Waals surface area contributed by atoms with Gasteiger partial charge in [0.05, 0.1) is 13.2 Å². The molecule has 0 spiro atoms. The van der Waals surface area contributed by atoms with Crippen molar-refractivity contribution in [2.45, 2.75) is 24.0 Å². The maximum Gasteiger partial charge on any atom is 0.104 e. The van der Waals surface area contributed by atoms with E-state index in [-0.39, 0.29) is 17.3 Å². The zero-order chi connectivity index (χ0) is 7.98. The largest absolute Gasteiger partial charge is 0.394 e. The van der Waals surface area contributed by atoms with Crippen LogP contribution < -0.4 is 0 Å². The molecule has 1 atom stereocenters. The first-order valence-electron chi connectivity index (χ1n) is 3.29. The number of rotatable bonds is 2. The van der Waals surface area contributed by atoms with Gasteiger partial charge < -0.3 is 9.84 Å². The summed E-state index contributed by atoms with van der Waals surface area (Å²) in [4.78, 5) is 0. The van der Waals surface area contributed by atoms with Gasteiger partial charge in [-0.15, -0.1) is 0 Å². The van der Waals surface area contributed by atoms with Gasteiger partial charge in [-0.2, -0.15) is 25.3 Å². The van der Waals surface area contributed by atoms with Gasteiger partial charge in [0.2, 0.25) is 0 Å². The summed E-state index contributed by atoms with van der Waals surface area (Å²) in [6, 6.07) is 0. The molecule has 0 radical (unpaired) electrons. The van der Waals surface area contributed by atoms with E-state index in [9.17, 15) is 0 Å². The second-order valence-corrected chi connectivity index (χ2v) is 3.68. The topological polar surface area (TPSA) is 32.8 Å². The highest BCUT2D eigenvalue weighted by Gasteiger charge is 2.19. The highest BCUT2D eigenvalue weighted by Crippen LogP contribution is 2.04. The Bertz CT molecular complexity index is 72.1. The lowest BCUT2D eigenvalue weighted by molar-refractivity contribution is 0.244. The van der Waals surface area contributed by atoms with Crippen LogP contribution >= 0.6 is 25.3 Å². The molecule has 1 rings (SSSR count). The SMILES string of the molecule is CCC(S)S.OCC1CO1. The standard InChI is InChI=1S/C3H6O2.C3H8S2/c4-1-3-2-5-3;1-2-3(4)5/h3-4H,1-2H2;3-5H,2H2,1H3. The second-order valence-electron chi connectivity index (χ2n) is 2.03. The average molecular weight is 182 g/mol. The molecule has 10 heavy (non-hydrogen) atoms. The Balaban J connectivity index is 0.000000162. The highest BCUT2D eigenvalue weighted by molar-refractivity contribution is 7.99. The molecule has 0 amide bonds. The third-order valence-electron chi connectivity index (χ3n) is 0.971. The molecule has 1 N–H and O–H groups in total. The Morgan fingerprint density at radius 2 is 2.10 bits per heavy atom.